The molecular weight excluding hydrogens is 227 g/mol. The van der Waals surface area contributed by atoms with Gasteiger partial charge in [-0.3, -0.25) is 0 Å². The molecule has 1 nitrogen and oxygen atoms in total. The summed E-state index contributed by atoms with van der Waals surface area (Å²) in [6.45, 7) is 2.62. The molecule has 3 rings (SSSR count). The number of hydrogen-bond donors (Lipinski definition) is 0. The van der Waals surface area contributed by atoms with Crippen molar-refractivity contribution in [3.05, 3.63) is 54.3 Å². The standard InChI is InChI=1S/C16H13FO/c1-2-18-14-6-8-16-12(10-14)4-3-11-9-13(17)5-7-15(11)16/h3-10H,2H2,1H3. The molecule has 0 amide bonds. The zero-order valence-corrected chi connectivity index (χ0v) is 10.1. The second-order valence-electron chi connectivity index (χ2n) is 4.25. The van der Waals surface area contributed by atoms with E-state index in [0.717, 1.165) is 27.3 Å². The van der Waals surface area contributed by atoms with Crippen LogP contribution in [0.25, 0.3) is 21.5 Å². The summed E-state index contributed by atoms with van der Waals surface area (Å²) in [5.41, 5.74) is 0. The Morgan fingerprint density at radius 3 is 2.28 bits per heavy atom. The third kappa shape index (κ3) is 1.80. The van der Waals surface area contributed by atoms with Gasteiger partial charge in [0.25, 0.3) is 0 Å². The lowest BCUT2D eigenvalue weighted by molar-refractivity contribution is 0.341. The van der Waals surface area contributed by atoms with Gasteiger partial charge in [0.2, 0.25) is 0 Å². The number of fused-ring (bicyclic) bond motifs is 3. The Kier molecular flexibility index (Phi) is 2.63. The van der Waals surface area contributed by atoms with Crippen LogP contribution in [0.3, 0.4) is 0 Å². The lowest BCUT2D eigenvalue weighted by Crippen LogP contribution is -1.90. The first-order valence-electron chi connectivity index (χ1n) is 6.03. The van der Waals surface area contributed by atoms with Gasteiger partial charge in [0.15, 0.2) is 0 Å². The highest BCUT2D eigenvalue weighted by Gasteiger charge is 2.03. The van der Waals surface area contributed by atoms with E-state index in [1.807, 2.05) is 43.3 Å². The van der Waals surface area contributed by atoms with E-state index in [1.165, 1.54) is 6.07 Å². The van der Waals surface area contributed by atoms with Gasteiger partial charge in [0, 0.05) is 0 Å². The van der Waals surface area contributed by atoms with Gasteiger partial charge in [0.05, 0.1) is 6.61 Å². The number of halogens is 1. The van der Waals surface area contributed by atoms with Crippen LogP contribution in [0.1, 0.15) is 6.92 Å². The van der Waals surface area contributed by atoms with E-state index in [9.17, 15) is 4.39 Å². The molecule has 0 radical (unpaired) electrons. The molecule has 0 aliphatic rings. The van der Waals surface area contributed by atoms with Crippen molar-refractivity contribution in [2.24, 2.45) is 0 Å². The molecule has 0 fully saturated rings. The molecule has 18 heavy (non-hydrogen) atoms. The minimum absolute atomic E-state index is 0.201. The lowest BCUT2D eigenvalue weighted by Gasteiger charge is -2.07. The van der Waals surface area contributed by atoms with Gasteiger partial charge in [-0.2, -0.15) is 0 Å². The van der Waals surface area contributed by atoms with E-state index in [4.69, 9.17) is 4.74 Å². The topological polar surface area (TPSA) is 9.23 Å². The Bertz CT molecular complexity index is 719. The first kappa shape index (κ1) is 11.0. The van der Waals surface area contributed by atoms with E-state index < -0.39 is 0 Å². The van der Waals surface area contributed by atoms with Crippen molar-refractivity contribution in [3.8, 4) is 5.75 Å². The van der Waals surface area contributed by atoms with Crippen molar-refractivity contribution in [1.82, 2.24) is 0 Å². The van der Waals surface area contributed by atoms with Crippen LogP contribution in [0, 0.1) is 5.82 Å². The average molecular weight is 240 g/mol. The fourth-order valence-corrected chi connectivity index (χ4v) is 2.28. The number of rotatable bonds is 2. The second-order valence-corrected chi connectivity index (χ2v) is 4.25. The van der Waals surface area contributed by atoms with Crippen molar-refractivity contribution in [1.29, 1.82) is 0 Å². The van der Waals surface area contributed by atoms with Crippen molar-refractivity contribution < 1.29 is 9.13 Å². The molecule has 90 valence electrons. The third-order valence-corrected chi connectivity index (χ3v) is 3.08. The molecule has 0 bridgehead atoms. The van der Waals surface area contributed by atoms with Gasteiger partial charge in [-0.25, -0.2) is 4.39 Å². The van der Waals surface area contributed by atoms with Gasteiger partial charge >= 0.3 is 0 Å². The van der Waals surface area contributed by atoms with E-state index in [2.05, 4.69) is 0 Å². The third-order valence-electron chi connectivity index (χ3n) is 3.08. The number of ether oxygens (including phenoxy) is 1. The summed E-state index contributed by atoms with van der Waals surface area (Å²) in [7, 11) is 0. The molecular formula is C16H13FO. The maximum atomic E-state index is 13.2. The fraction of sp³-hybridized carbons (Fsp3) is 0.125. The monoisotopic (exact) mass is 240 g/mol. The zero-order chi connectivity index (χ0) is 12.5. The Hall–Kier alpha value is -2.09. The summed E-state index contributed by atoms with van der Waals surface area (Å²) in [5, 5.41) is 4.22. The van der Waals surface area contributed by atoms with Crippen molar-refractivity contribution in [2.75, 3.05) is 6.61 Å². The summed E-state index contributed by atoms with van der Waals surface area (Å²) in [5.74, 6) is 0.666. The van der Waals surface area contributed by atoms with Crippen LogP contribution >= 0.6 is 0 Å². The summed E-state index contributed by atoms with van der Waals surface area (Å²) >= 11 is 0. The molecule has 0 aromatic heterocycles. The van der Waals surface area contributed by atoms with Crippen LogP contribution in [-0.4, -0.2) is 6.61 Å². The summed E-state index contributed by atoms with van der Waals surface area (Å²) < 4.78 is 18.7. The highest BCUT2D eigenvalue weighted by Crippen LogP contribution is 2.28. The van der Waals surface area contributed by atoms with Gasteiger partial charge in [0.1, 0.15) is 11.6 Å². The van der Waals surface area contributed by atoms with Crippen LogP contribution < -0.4 is 4.74 Å². The first-order chi connectivity index (χ1) is 8.78. The maximum Gasteiger partial charge on any atom is 0.123 e. The SMILES string of the molecule is CCOc1ccc2c(ccc3cc(F)ccc32)c1. The molecule has 0 aliphatic heterocycles. The van der Waals surface area contributed by atoms with Crippen LogP contribution in [-0.2, 0) is 0 Å². The first-order valence-corrected chi connectivity index (χ1v) is 6.03. The molecule has 0 N–H and O–H groups in total. The summed E-state index contributed by atoms with van der Waals surface area (Å²) in [4.78, 5) is 0. The van der Waals surface area contributed by atoms with Crippen molar-refractivity contribution >= 4 is 21.5 Å². The van der Waals surface area contributed by atoms with Crippen molar-refractivity contribution in [3.63, 3.8) is 0 Å². The van der Waals surface area contributed by atoms with Crippen LogP contribution in [0.15, 0.2) is 48.5 Å². The predicted octanol–water partition coefficient (Wildman–Crippen LogP) is 4.53. The molecule has 0 unspecified atom stereocenters. The highest BCUT2D eigenvalue weighted by molar-refractivity contribution is 6.07. The lowest BCUT2D eigenvalue weighted by atomic mass is 10.0. The van der Waals surface area contributed by atoms with E-state index in [0.29, 0.717) is 6.61 Å². The van der Waals surface area contributed by atoms with Gasteiger partial charge < -0.3 is 4.74 Å². The minimum atomic E-state index is -0.201. The van der Waals surface area contributed by atoms with Crippen LogP contribution in [0.2, 0.25) is 0 Å². The fourth-order valence-electron chi connectivity index (χ4n) is 2.28. The van der Waals surface area contributed by atoms with Gasteiger partial charge in [-0.1, -0.05) is 24.3 Å². The quantitative estimate of drug-likeness (QED) is 0.598. The molecule has 0 heterocycles. The van der Waals surface area contributed by atoms with E-state index in [1.54, 1.807) is 6.07 Å². The average Bonchev–Trinajstić information content (AvgIpc) is 2.38. The largest absolute Gasteiger partial charge is 0.494 e. The molecule has 0 atom stereocenters. The van der Waals surface area contributed by atoms with E-state index >= 15 is 0 Å². The molecule has 0 saturated heterocycles. The van der Waals surface area contributed by atoms with E-state index in [-0.39, 0.29) is 5.82 Å². The molecule has 0 aliphatic carbocycles. The Morgan fingerprint density at radius 1 is 0.889 bits per heavy atom. The summed E-state index contributed by atoms with van der Waals surface area (Å²) in [6.07, 6.45) is 0. The molecule has 0 spiro atoms. The molecule has 3 aromatic rings. The Labute approximate surface area is 105 Å². The molecule has 0 saturated carbocycles. The summed E-state index contributed by atoms with van der Waals surface area (Å²) in [6, 6.07) is 14.8. The normalized spacial score (nSPS) is 11.0. The van der Waals surface area contributed by atoms with Crippen molar-refractivity contribution in [2.45, 2.75) is 6.92 Å². The molecule has 3 aromatic carbocycles. The predicted molar refractivity (Wildman–Crippen MR) is 72.6 cm³/mol. The van der Waals surface area contributed by atoms with Crippen LogP contribution in [0.4, 0.5) is 4.39 Å². The van der Waals surface area contributed by atoms with Gasteiger partial charge in [-0.05, 0) is 52.7 Å². The second kappa shape index (κ2) is 4.30. The Morgan fingerprint density at radius 2 is 1.56 bits per heavy atom. The number of hydrogen-bond acceptors (Lipinski definition) is 1. The maximum absolute atomic E-state index is 13.2. The smallest absolute Gasteiger partial charge is 0.123 e. The number of benzene rings is 3. The van der Waals surface area contributed by atoms with Crippen LogP contribution in [0.5, 0.6) is 5.75 Å². The Balaban J connectivity index is 2.28. The van der Waals surface area contributed by atoms with Gasteiger partial charge in [-0.15, -0.1) is 0 Å². The molecule has 2 heteroatoms. The zero-order valence-electron chi connectivity index (χ0n) is 10.1. The minimum Gasteiger partial charge on any atom is -0.494 e. The highest BCUT2D eigenvalue weighted by atomic mass is 19.1.